The van der Waals surface area contributed by atoms with Crippen LogP contribution in [0.15, 0.2) is 28.7 Å². The number of aryl methyl sites for hydroxylation is 2. The number of benzene rings is 1. The van der Waals surface area contributed by atoms with Crippen molar-refractivity contribution in [3.05, 3.63) is 47.2 Å². The predicted molar refractivity (Wildman–Crippen MR) is 84.9 cm³/mol. The molecule has 0 unspecified atom stereocenters. The molecule has 0 saturated heterocycles. The molecule has 2 N–H and O–H groups in total. The number of oxazole rings is 1. The Morgan fingerprint density at radius 3 is 2.74 bits per heavy atom. The Morgan fingerprint density at radius 2 is 2.09 bits per heavy atom. The number of hydrogen-bond donors (Lipinski definition) is 2. The van der Waals surface area contributed by atoms with Crippen LogP contribution >= 0.6 is 0 Å². The monoisotopic (exact) mass is 313 g/mol. The first-order valence-electron chi connectivity index (χ1n) is 7.65. The second-order valence-electron chi connectivity index (χ2n) is 5.78. The van der Waals surface area contributed by atoms with Crippen molar-refractivity contribution in [2.75, 3.05) is 5.32 Å². The number of nitrogens with zero attached hydrogens (tertiary/aromatic N) is 1. The Labute approximate surface area is 134 Å². The number of anilines is 1. The Morgan fingerprint density at radius 1 is 1.30 bits per heavy atom. The molecule has 2 amide bonds. The van der Waals surface area contributed by atoms with Gasteiger partial charge in [0.25, 0.3) is 5.91 Å². The molecule has 120 valence electrons. The van der Waals surface area contributed by atoms with Crippen LogP contribution in [0.1, 0.15) is 40.5 Å². The number of rotatable bonds is 5. The van der Waals surface area contributed by atoms with Crippen LogP contribution in [0.5, 0.6) is 0 Å². The van der Waals surface area contributed by atoms with Crippen molar-refractivity contribution in [2.24, 2.45) is 5.92 Å². The molecular weight excluding hydrogens is 294 g/mol. The lowest BCUT2D eigenvalue weighted by atomic mass is 10.2. The van der Waals surface area contributed by atoms with Gasteiger partial charge in [0.05, 0.1) is 12.2 Å². The first kappa shape index (κ1) is 15.3. The minimum absolute atomic E-state index is 0.0216. The number of carbonyl (C=O) groups excluding carboxylic acids is 2. The maximum atomic E-state index is 12.2. The zero-order valence-corrected chi connectivity index (χ0v) is 13.2. The maximum absolute atomic E-state index is 12.2. The first-order valence-corrected chi connectivity index (χ1v) is 7.65. The summed E-state index contributed by atoms with van der Waals surface area (Å²) >= 11 is 0. The van der Waals surface area contributed by atoms with Gasteiger partial charge >= 0.3 is 0 Å². The molecule has 1 aliphatic carbocycles. The predicted octanol–water partition coefficient (Wildman–Crippen LogP) is 2.57. The Hall–Kier alpha value is -2.63. The largest absolute Gasteiger partial charge is 0.444 e. The highest BCUT2D eigenvalue weighted by Crippen LogP contribution is 2.30. The van der Waals surface area contributed by atoms with Gasteiger partial charge in [0.15, 0.2) is 0 Å². The molecule has 6 heteroatoms. The molecule has 0 radical (unpaired) electrons. The van der Waals surface area contributed by atoms with Crippen LogP contribution in [-0.4, -0.2) is 16.8 Å². The molecule has 1 aliphatic rings. The summed E-state index contributed by atoms with van der Waals surface area (Å²) in [6.07, 6.45) is 1.89. The van der Waals surface area contributed by atoms with Crippen molar-refractivity contribution in [2.45, 2.75) is 33.2 Å². The zero-order chi connectivity index (χ0) is 16.4. The van der Waals surface area contributed by atoms with E-state index in [0.29, 0.717) is 17.1 Å². The smallest absolute Gasteiger partial charge is 0.251 e. The van der Waals surface area contributed by atoms with Crippen LogP contribution in [0.3, 0.4) is 0 Å². The fourth-order valence-electron chi connectivity index (χ4n) is 2.20. The molecule has 3 rings (SSSR count). The third-order valence-corrected chi connectivity index (χ3v) is 3.81. The highest BCUT2D eigenvalue weighted by molar-refractivity contribution is 5.98. The SMILES string of the molecule is Cc1nc(CNC(=O)c2cccc(NC(=O)C3CC3)c2)oc1C. The number of amides is 2. The maximum Gasteiger partial charge on any atom is 0.251 e. The number of hydrogen-bond acceptors (Lipinski definition) is 4. The van der Waals surface area contributed by atoms with Crippen molar-refractivity contribution in [3.8, 4) is 0 Å². The zero-order valence-electron chi connectivity index (χ0n) is 13.2. The third kappa shape index (κ3) is 3.77. The van der Waals surface area contributed by atoms with E-state index in [0.717, 1.165) is 24.3 Å². The molecule has 2 aromatic rings. The van der Waals surface area contributed by atoms with Gasteiger partial charge in [-0.1, -0.05) is 6.07 Å². The van der Waals surface area contributed by atoms with Gasteiger partial charge in [-0.15, -0.1) is 0 Å². The van der Waals surface area contributed by atoms with Gasteiger partial charge in [-0.3, -0.25) is 9.59 Å². The fourth-order valence-corrected chi connectivity index (χ4v) is 2.20. The second kappa shape index (κ2) is 6.24. The van der Waals surface area contributed by atoms with Gasteiger partial charge in [0.1, 0.15) is 5.76 Å². The molecule has 1 aromatic carbocycles. The lowest BCUT2D eigenvalue weighted by Crippen LogP contribution is -2.23. The molecule has 23 heavy (non-hydrogen) atoms. The van der Waals surface area contributed by atoms with Crippen molar-refractivity contribution in [1.82, 2.24) is 10.3 Å². The van der Waals surface area contributed by atoms with Crippen LogP contribution in [0.25, 0.3) is 0 Å². The van der Waals surface area contributed by atoms with E-state index in [4.69, 9.17) is 4.42 Å². The van der Waals surface area contributed by atoms with Gasteiger partial charge in [-0.2, -0.15) is 0 Å². The molecule has 1 aromatic heterocycles. The molecule has 6 nitrogen and oxygen atoms in total. The van der Waals surface area contributed by atoms with Crippen LogP contribution in [0.4, 0.5) is 5.69 Å². The molecule has 1 heterocycles. The fraction of sp³-hybridized carbons (Fsp3) is 0.353. The molecule has 0 aliphatic heterocycles. The molecule has 0 spiro atoms. The summed E-state index contributed by atoms with van der Waals surface area (Å²) < 4.78 is 5.43. The van der Waals surface area contributed by atoms with Crippen molar-refractivity contribution >= 4 is 17.5 Å². The molecule has 0 bridgehead atoms. The summed E-state index contributed by atoms with van der Waals surface area (Å²) in [5.41, 5.74) is 1.94. The van der Waals surface area contributed by atoms with E-state index in [9.17, 15) is 9.59 Å². The highest BCUT2D eigenvalue weighted by Gasteiger charge is 2.29. The van der Waals surface area contributed by atoms with Gasteiger partial charge in [0.2, 0.25) is 11.8 Å². The highest BCUT2D eigenvalue weighted by atomic mass is 16.4. The van der Waals surface area contributed by atoms with Crippen molar-refractivity contribution in [1.29, 1.82) is 0 Å². The van der Waals surface area contributed by atoms with Gasteiger partial charge in [-0.25, -0.2) is 4.98 Å². The average Bonchev–Trinajstić information content (AvgIpc) is 3.32. The molecular formula is C17H19N3O3. The van der Waals surface area contributed by atoms with Crippen molar-refractivity contribution < 1.29 is 14.0 Å². The van der Waals surface area contributed by atoms with Crippen molar-refractivity contribution in [3.63, 3.8) is 0 Å². The minimum atomic E-state index is -0.235. The van der Waals surface area contributed by atoms with E-state index in [1.54, 1.807) is 24.3 Å². The van der Waals surface area contributed by atoms with E-state index >= 15 is 0 Å². The van der Waals surface area contributed by atoms with E-state index in [2.05, 4.69) is 15.6 Å². The topological polar surface area (TPSA) is 84.2 Å². The quantitative estimate of drug-likeness (QED) is 0.888. The van der Waals surface area contributed by atoms with Gasteiger partial charge in [0, 0.05) is 17.2 Å². The Kier molecular flexibility index (Phi) is 4.14. The second-order valence-corrected chi connectivity index (χ2v) is 5.78. The average molecular weight is 313 g/mol. The number of nitrogens with one attached hydrogen (secondary N) is 2. The van der Waals surface area contributed by atoms with E-state index in [1.807, 2.05) is 13.8 Å². The lowest BCUT2D eigenvalue weighted by Gasteiger charge is -2.07. The third-order valence-electron chi connectivity index (χ3n) is 3.81. The lowest BCUT2D eigenvalue weighted by molar-refractivity contribution is -0.117. The summed E-state index contributed by atoms with van der Waals surface area (Å²) in [7, 11) is 0. The summed E-state index contributed by atoms with van der Waals surface area (Å²) in [4.78, 5) is 28.2. The Balaban J connectivity index is 1.61. The summed E-state index contributed by atoms with van der Waals surface area (Å²) in [6.45, 7) is 3.92. The first-order chi connectivity index (χ1) is 11.0. The minimum Gasteiger partial charge on any atom is -0.444 e. The molecule has 1 fully saturated rings. The summed E-state index contributed by atoms with van der Waals surface area (Å²) in [5, 5.41) is 5.60. The molecule has 1 saturated carbocycles. The molecule has 0 atom stereocenters. The normalized spacial score (nSPS) is 13.7. The number of carbonyl (C=O) groups is 2. The van der Waals surface area contributed by atoms with Crippen LogP contribution in [-0.2, 0) is 11.3 Å². The summed E-state index contributed by atoms with van der Waals surface area (Å²) in [5.74, 6) is 1.14. The van der Waals surface area contributed by atoms with E-state index < -0.39 is 0 Å². The Bertz CT molecular complexity index is 728. The van der Waals surface area contributed by atoms with Gasteiger partial charge in [-0.05, 0) is 44.9 Å². The number of aromatic nitrogens is 1. The van der Waals surface area contributed by atoms with E-state index in [1.165, 1.54) is 0 Å². The van der Waals surface area contributed by atoms with Crippen LogP contribution in [0.2, 0.25) is 0 Å². The standard InChI is InChI=1S/C17H19N3O3/c1-10-11(2)23-15(19-10)9-18-16(21)13-4-3-5-14(8-13)20-17(22)12-6-7-12/h3-5,8,12H,6-7,9H2,1-2H3,(H,18,21)(H,20,22). The van der Waals surface area contributed by atoms with Crippen LogP contribution in [0, 0.1) is 19.8 Å². The summed E-state index contributed by atoms with van der Waals surface area (Å²) in [6, 6.07) is 6.89. The van der Waals surface area contributed by atoms with Gasteiger partial charge < -0.3 is 15.1 Å². The van der Waals surface area contributed by atoms with E-state index in [-0.39, 0.29) is 24.3 Å². The van der Waals surface area contributed by atoms with Crippen LogP contribution < -0.4 is 10.6 Å².